The molecule has 0 radical (unpaired) electrons. The molecule has 6 heteroatoms. The number of amides is 2. The lowest BCUT2D eigenvalue weighted by Gasteiger charge is -2.33. The molecule has 2 amide bonds. The van der Waals surface area contributed by atoms with Gasteiger partial charge in [-0.15, -0.1) is 12.4 Å². The third-order valence-corrected chi connectivity index (χ3v) is 4.37. The van der Waals surface area contributed by atoms with Crippen LogP contribution >= 0.6 is 12.4 Å². The van der Waals surface area contributed by atoms with Crippen molar-refractivity contribution in [2.45, 2.75) is 44.1 Å². The third-order valence-electron chi connectivity index (χ3n) is 4.37. The molecule has 2 aliphatic rings. The number of rotatable bonds is 3. The fraction of sp³-hybridized carbons (Fsp3) is 0.846. The molecule has 0 bridgehead atoms. The normalized spacial score (nSPS) is 25.9. The summed E-state index contributed by atoms with van der Waals surface area (Å²) in [5.74, 6) is -0.0869. The summed E-state index contributed by atoms with van der Waals surface area (Å²) >= 11 is 0. The number of carbonyl (C=O) groups excluding carboxylic acids is 2. The summed E-state index contributed by atoms with van der Waals surface area (Å²) in [7, 11) is 1.79. The highest BCUT2D eigenvalue weighted by atomic mass is 35.5. The van der Waals surface area contributed by atoms with Gasteiger partial charge < -0.3 is 16.0 Å². The summed E-state index contributed by atoms with van der Waals surface area (Å²) in [5.41, 5.74) is 5.60. The first-order valence-electron chi connectivity index (χ1n) is 6.82. The highest BCUT2D eigenvalue weighted by Gasteiger charge is 2.37. The van der Waals surface area contributed by atoms with E-state index in [4.69, 9.17) is 5.73 Å². The van der Waals surface area contributed by atoms with Gasteiger partial charge in [0, 0.05) is 32.5 Å². The molecule has 0 aromatic carbocycles. The van der Waals surface area contributed by atoms with E-state index in [2.05, 4.69) is 5.32 Å². The van der Waals surface area contributed by atoms with Gasteiger partial charge in [0.05, 0.1) is 5.54 Å². The molecule has 3 N–H and O–H groups in total. The number of nitrogens with one attached hydrogen (secondary N) is 1. The first-order chi connectivity index (χ1) is 8.56. The zero-order valence-corrected chi connectivity index (χ0v) is 12.3. The average molecular weight is 290 g/mol. The summed E-state index contributed by atoms with van der Waals surface area (Å²) in [6.45, 7) is 1.17. The van der Waals surface area contributed by atoms with E-state index in [0.29, 0.717) is 19.5 Å². The van der Waals surface area contributed by atoms with Gasteiger partial charge in [-0.05, 0) is 19.3 Å². The molecule has 1 atom stereocenters. The smallest absolute Gasteiger partial charge is 0.224 e. The number of carbonyl (C=O) groups is 2. The van der Waals surface area contributed by atoms with Crippen LogP contribution in [0, 0.1) is 5.92 Å². The van der Waals surface area contributed by atoms with Crippen LogP contribution in [0.4, 0.5) is 0 Å². The molecule has 0 spiro atoms. The van der Waals surface area contributed by atoms with Crippen molar-refractivity contribution in [2.75, 3.05) is 20.1 Å². The average Bonchev–Trinajstić information content (AvgIpc) is 2.82. The minimum absolute atomic E-state index is 0. The number of hydrogen-bond acceptors (Lipinski definition) is 3. The van der Waals surface area contributed by atoms with Gasteiger partial charge in [0.2, 0.25) is 11.8 Å². The van der Waals surface area contributed by atoms with Crippen LogP contribution in [0.1, 0.15) is 38.5 Å². The third kappa shape index (κ3) is 3.60. The van der Waals surface area contributed by atoms with Gasteiger partial charge in [-0.2, -0.15) is 0 Å². The summed E-state index contributed by atoms with van der Waals surface area (Å²) < 4.78 is 0. The Bertz CT molecular complexity index is 343. The molecular weight excluding hydrogens is 266 g/mol. The van der Waals surface area contributed by atoms with Crippen molar-refractivity contribution in [1.82, 2.24) is 10.2 Å². The molecule has 110 valence electrons. The summed E-state index contributed by atoms with van der Waals surface area (Å²) in [6, 6.07) is 0. The molecule has 1 saturated heterocycles. The number of likely N-dealkylation sites (tertiary alicyclic amines) is 1. The Hall–Kier alpha value is -0.810. The van der Waals surface area contributed by atoms with E-state index in [-0.39, 0.29) is 35.7 Å². The summed E-state index contributed by atoms with van der Waals surface area (Å²) in [5, 5.41) is 3.11. The van der Waals surface area contributed by atoms with Gasteiger partial charge in [-0.25, -0.2) is 0 Å². The number of nitrogens with two attached hydrogens (primary N) is 1. The molecule has 0 aromatic rings. The van der Waals surface area contributed by atoms with Gasteiger partial charge in [0.25, 0.3) is 0 Å². The molecule has 0 aromatic heterocycles. The predicted molar refractivity (Wildman–Crippen MR) is 76.0 cm³/mol. The lowest BCUT2D eigenvalue weighted by atomic mass is 9.92. The van der Waals surface area contributed by atoms with E-state index in [0.717, 1.165) is 32.1 Å². The summed E-state index contributed by atoms with van der Waals surface area (Å²) in [4.78, 5) is 25.5. The molecule has 2 fully saturated rings. The summed E-state index contributed by atoms with van der Waals surface area (Å²) in [6.07, 6.45) is 5.29. The van der Waals surface area contributed by atoms with E-state index >= 15 is 0 Å². The van der Waals surface area contributed by atoms with E-state index in [1.165, 1.54) is 0 Å². The Labute approximate surface area is 120 Å². The molecule has 2 rings (SSSR count). The zero-order chi connectivity index (χ0) is 13.2. The molecule has 1 heterocycles. The fourth-order valence-corrected chi connectivity index (χ4v) is 2.96. The van der Waals surface area contributed by atoms with Gasteiger partial charge >= 0.3 is 0 Å². The highest BCUT2D eigenvalue weighted by molar-refractivity contribution is 5.87. The molecule has 1 saturated carbocycles. The Morgan fingerprint density at radius 1 is 1.47 bits per heavy atom. The van der Waals surface area contributed by atoms with Gasteiger partial charge in [0.15, 0.2) is 0 Å². The van der Waals surface area contributed by atoms with Crippen LogP contribution in [-0.4, -0.2) is 42.4 Å². The van der Waals surface area contributed by atoms with Gasteiger partial charge in [-0.3, -0.25) is 9.59 Å². The second-order valence-corrected chi connectivity index (χ2v) is 5.69. The Morgan fingerprint density at radius 3 is 2.63 bits per heavy atom. The van der Waals surface area contributed by atoms with Crippen molar-refractivity contribution < 1.29 is 9.59 Å². The first kappa shape index (κ1) is 16.2. The van der Waals surface area contributed by atoms with Crippen molar-refractivity contribution in [1.29, 1.82) is 0 Å². The maximum absolute atomic E-state index is 12.2. The van der Waals surface area contributed by atoms with Crippen molar-refractivity contribution in [2.24, 2.45) is 11.7 Å². The van der Waals surface area contributed by atoms with Gasteiger partial charge in [0.1, 0.15) is 0 Å². The van der Waals surface area contributed by atoms with Crippen molar-refractivity contribution in [3.63, 3.8) is 0 Å². The second kappa shape index (κ2) is 6.57. The van der Waals surface area contributed by atoms with Crippen molar-refractivity contribution in [3.05, 3.63) is 0 Å². The predicted octanol–water partition coefficient (Wildman–Crippen LogP) is 0.664. The minimum Gasteiger partial charge on any atom is -0.349 e. The van der Waals surface area contributed by atoms with E-state index in [1.54, 1.807) is 11.9 Å². The lowest BCUT2D eigenvalue weighted by Crippen LogP contribution is -2.54. The van der Waals surface area contributed by atoms with E-state index in [1.807, 2.05) is 0 Å². The molecule has 5 nitrogen and oxygen atoms in total. The zero-order valence-electron chi connectivity index (χ0n) is 11.5. The Morgan fingerprint density at radius 2 is 2.11 bits per heavy atom. The minimum atomic E-state index is -0.205. The largest absolute Gasteiger partial charge is 0.349 e. The van der Waals surface area contributed by atoms with Crippen LogP contribution in [0.25, 0.3) is 0 Å². The van der Waals surface area contributed by atoms with Crippen LogP contribution in [-0.2, 0) is 9.59 Å². The Balaban J connectivity index is 0.00000180. The monoisotopic (exact) mass is 289 g/mol. The van der Waals surface area contributed by atoms with E-state index in [9.17, 15) is 9.59 Å². The lowest BCUT2D eigenvalue weighted by molar-refractivity contribution is -0.139. The fourth-order valence-electron chi connectivity index (χ4n) is 2.96. The number of nitrogens with zero attached hydrogens (tertiary/aromatic N) is 1. The van der Waals surface area contributed by atoms with Crippen LogP contribution in [0.5, 0.6) is 0 Å². The van der Waals surface area contributed by atoms with Gasteiger partial charge in [-0.1, -0.05) is 12.8 Å². The maximum atomic E-state index is 12.2. The van der Waals surface area contributed by atoms with Crippen LogP contribution in [0.2, 0.25) is 0 Å². The van der Waals surface area contributed by atoms with Crippen molar-refractivity contribution >= 4 is 24.2 Å². The molecule has 1 aliphatic carbocycles. The van der Waals surface area contributed by atoms with Crippen molar-refractivity contribution in [3.8, 4) is 0 Å². The first-order valence-corrected chi connectivity index (χ1v) is 6.82. The molecule has 1 unspecified atom stereocenters. The second-order valence-electron chi connectivity index (χ2n) is 5.69. The SMILES string of the molecule is CN1CCC(C(=O)NC2(CN)CCCC2)CC1=O.Cl. The number of hydrogen-bond donors (Lipinski definition) is 2. The van der Waals surface area contributed by atoms with Crippen LogP contribution < -0.4 is 11.1 Å². The molecule has 19 heavy (non-hydrogen) atoms. The van der Waals surface area contributed by atoms with E-state index < -0.39 is 0 Å². The maximum Gasteiger partial charge on any atom is 0.224 e. The molecular formula is C13H24ClN3O2. The highest BCUT2D eigenvalue weighted by Crippen LogP contribution is 2.29. The standard InChI is InChI=1S/C13H23N3O2.ClH/c1-16-7-4-10(8-11(16)17)12(18)15-13(9-14)5-2-3-6-13;/h10H,2-9,14H2,1H3,(H,15,18);1H. The number of piperidine rings is 1. The quantitative estimate of drug-likeness (QED) is 0.802. The topological polar surface area (TPSA) is 75.4 Å². The van der Waals surface area contributed by atoms with Crippen LogP contribution in [0.3, 0.4) is 0 Å². The molecule has 1 aliphatic heterocycles. The Kier molecular flexibility index (Phi) is 5.62. The number of halogens is 1. The van der Waals surface area contributed by atoms with Crippen LogP contribution in [0.15, 0.2) is 0 Å².